The molecule has 1 aliphatic heterocycles. The quantitative estimate of drug-likeness (QED) is 0.918. The van der Waals surface area contributed by atoms with Crippen LogP contribution in [0.2, 0.25) is 0 Å². The Labute approximate surface area is 136 Å². The molecule has 0 radical (unpaired) electrons. The van der Waals surface area contributed by atoms with E-state index in [4.69, 9.17) is 0 Å². The Kier molecular flexibility index (Phi) is 4.88. The number of aliphatic hydroxyl groups excluding tert-OH is 1. The summed E-state index contributed by atoms with van der Waals surface area (Å²) in [6.45, 7) is 2.89. The van der Waals surface area contributed by atoms with Gasteiger partial charge >= 0.3 is 0 Å². The largest absolute Gasteiger partial charge is 0.394 e. The van der Waals surface area contributed by atoms with Crippen molar-refractivity contribution in [3.05, 3.63) is 51.5 Å². The van der Waals surface area contributed by atoms with Gasteiger partial charge in [0.15, 0.2) is 0 Å². The highest BCUT2D eigenvalue weighted by molar-refractivity contribution is 7.11. The molecule has 5 heteroatoms. The first-order valence-electron chi connectivity index (χ1n) is 7.68. The van der Waals surface area contributed by atoms with E-state index in [1.165, 1.54) is 16.0 Å². The van der Waals surface area contributed by atoms with Gasteiger partial charge < -0.3 is 10.0 Å². The van der Waals surface area contributed by atoms with E-state index in [2.05, 4.69) is 53.1 Å². The second kappa shape index (κ2) is 6.87. The van der Waals surface area contributed by atoms with Crippen molar-refractivity contribution in [2.24, 2.45) is 0 Å². The van der Waals surface area contributed by atoms with Crippen molar-refractivity contribution >= 4 is 11.3 Å². The third kappa shape index (κ3) is 3.38. The van der Waals surface area contributed by atoms with Gasteiger partial charge in [0.05, 0.1) is 19.2 Å². The Morgan fingerprint density at radius 2 is 2.18 bits per heavy atom. The molecular formula is C17H23N3OS. The van der Waals surface area contributed by atoms with Crippen molar-refractivity contribution in [2.75, 3.05) is 27.2 Å². The van der Waals surface area contributed by atoms with Crippen molar-refractivity contribution in [3.63, 3.8) is 0 Å². The van der Waals surface area contributed by atoms with Gasteiger partial charge in [-0.3, -0.25) is 4.90 Å². The van der Waals surface area contributed by atoms with Crippen LogP contribution in [0.4, 0.5) is 0 Å². The first-order chi connectivity index (χ1) is 10.7. The highest BCUT2D eigenvalue weighted by atomic mass is 32.1. The van der Waals surface area contributed by atoms with Gasteiger partial charge in [0, 0.05) is 24.2 Å². The maximum Gasteiger partial charge on any atom is 0.107 e. The molecule has 0 bridgehead atoms. The molecule has 3 rings (SSSR count). The molecule has 22 heavy (non-hydrogen) atoms. The number of fused-ring (bicyclic) bond motifs is 1. The minimum atomic E-state index is 0.0890. The zero-order chi connectivity index (χ0) is 15.5. The lowest BCUT2D eigenvalue weighted by molar-refractivity contribution is 0.108. The lowest BCUT2D eigenvalue weighted by Gasteiger charge is -2.35. The number of nitrogens with zero attached hydrogens (tertiary/aromatic N) is 3. The van der Waals surface area contributed by atoms with Crippen LogP contribution in [0.5, 0.6) is 0 Å². The molecule has 1 aromatic heterocycles. The number of hydrogen-bond acceptors (Lipinski definition) is 5. The van der Waals surface area contributed by atoms with Crippen molar-refractivity contribution in [1.29, 1.82) is 0 Å². The van der Waals surface area contributed by atoms with E-state index in [1.54, 1.807) is 11.3 Å². The normalized spacial score (nSPS) is 18.6. The molecule has 1 aliphatic rings. The second-order valence-corrected chi connectivity index (χ2v) is 7.28. The second-order valence-electron chi connectivity index (χ2n) is 6.08. The van der Waals surface area contributed by atoms with E-state index in [9.17, 15) is 5.11 Å². The monoisotopic (exact) mass is 317 g/mol. The first-order valence-corrected chi connectivity index (χ1v) is 8.50. The fourth-order valence-corrected chi connectivity index (χ4v) is 4.15. The highest BCUT2D eigenvalue weighted by Gasteiger charge is 2.27. The summed E-state index contributed by atoms with van der Waals surface area (Å²) in [6, 6.07) is 8.54. The Hall–Kier alpha value is -1.27. The third-order valence-corrected chi connectivity index (χ3v) is 5.07. The summed E-state index contributed by atoms with van der Waals surface area (Å²) in [5.74, 6) is 0. The average molecular weight is 317 g/mol. The molecule has 0 saturated heterocycles. The molecule has 0 spiro atoms. The molecule has 0 fully saturated rings. The van der Waals surface area contributed by atoms with E-state index >= 15 is 0 Å². The van der Waals surface area contributed by atoms with Crippen molar-refractivity contribution in [2.45, 2.75) is 25.6 Å². The molecule has 2 aromatic rings. The van der Waals surface area contributed by atoms with Crippen LogP contribution in [0.15, 0.2) is 30.5 Å². The predicted octanol–water partition coefficient (Wildman–Crippen LogP) is 2.30. The van der Waals surface area contributed by atoms with E-state index in [0.29, 0.717) is 0 Å². The highest BCUT2D eigenvalue weighted by Crippen LogP contribution is 2.31. The third-order valence-electron chi connectivity index (χ3n) is 4.11. The fourth-order valence-electron chi connectivity index (χ4n) is 3.09. The molecule has 118 valence electrons. The molecule has 1 N–H and O–H groups in total. The van der Waals surface area contributed by atoms with Crippen molar-refractivity contribution in [3.8, 4) is 0 Å². The van der Waals surface area contributed by atoms with Crippen LogP contribution in [0.1, 0.15) is 27.1 Å². The van der Waals surface area contributed by atoms with Crippen LogP contribution in [-0.4, -0.2) is 47.1 Å². The molecule has 1 atom stereocenters. The first kappa shape index (κ1) is 15.6. The number of benzene rings is 1. The molecule has 4 nitrogen and oxygen atoms in total. The summed E-state index contributed by atoms with van der Waals surface area (Å²) in [7, 11) is 4.14. The summed E-state index contributed by atoms with van der Waals surface area (Å²) in [6.07, 6.45) is 3.02. The maximum atomic E-state index is 9.85. The van der Waals surface area contributed by atoms with Crippen LogP contribution in [0, 0.1) is 0 Å². The average Bonchev–Trinajstić information content (AvgIpc) is 2.93. The predicted molar refractivity (Wildman–Crippen MR) is 89.9 cm³/mol. The standard InChI is InChI=1S/C17H23N3OS/c1-19(2)10-14-9-18-17(22-14)11-20-8-7-13-5-3-4-6-15(13)16(20)12-21/h3-6,9,16,21H,7-8,10-12H2,1-2H3. The molecule has 2 heterocycles. The van der Waals surface area contributed by atoms with Gasteiger partial charge in [0.2, 0.25) is 0 Å². The Morgan fingerprint density at radius 1 is 1.36 bits per heavy atom. The number of thiazole rings is 1. The van der Waals surface area contributed by atoms with Crippen LogP contribution in [-0.2, 0) is 19.5 Å². The zero-order valence-electron chi connectivity index (χ0n) is 13.2. The fraction of sp³-hybridized carbons (Fsp3) is 0.471. The van der Waals surface area contributed by atoms with E-state index in [0.717, 1.165) is 31.1 Å². The maximum absolute atomic E-state index is 9.85. The van der Waals surface area contributed by atoms with Gasteiger partial charge in [-0.25, -0.2) is 4.98 Å². The van der Waals surface area contributed by atoms with E-state index < -0.39 is 0 Å². The minimum Gasteiger partial charge on any atom is -0.394 e. The smallest absolute Gasteiger partial charge is 0.107 e. The number of aromatic nitrogens is 1. The summed E-state index contributed by atoms with van der Waals surface area (Å²) in [4.78, 5) is 10.4. The summed E-state index contributed by atoms with van der Waals surface area (Å²) in [5.41, 5.74) is 2.63. The summed E-state index contributed by atoms with van der Waals surface area (Å²) in [5, 5.41) is 11.0. The summed E-state index contributed by atoms with van der Waals surface area (Å²) < 4.78 is 0. The lowest BCUT2D eigenvalue weighted by Crippen LogP contribution is -2.36. The van der Waals surface area contributed by atoms with Crippen LogP contribution in [0.3, 0.4) is 0 Å². The van der Waals surface area contributed by atoms with Gasteiger partial charge in [-0.1, -0.05) is 24.3 Å². The van der Waals surface area contributed by atoms with Crippen LogP contribution >= 0.6 is 11.3 Å². The Bertz CT molecular complexity index is 626. The zero-order valence-corrected chi connectivity index (χ0v) is 14.0. The Morgan fingerprint density at radius 3 is 2.95 bits per heavy atom. The van der Waals surface area contributed by atoms with Gasteiger partial charge in [-0.05, 0) is 31.6 Å². The molecule has 1 aromatic carbocycles. The van der Waals surface area contributed by atoms with Crippen molar-refractivity contribution in [1.82, 2.24) is 14.8 Å². The number of aliphatic hydroxyl groups is 1. The van der Waals surface area contributed by atoms with Gasteiger partial charge in [-0.2, -0.15) is 0 Å². The molecule has 1 unspecified atom stereocenters. The van der Waals surface area contributed by atoms with Crippen LogP contribution in [0.25, 0.3) is 0 Å². The van der Waals surface area contributed by atoms with Crippen molar-refractivity contribution < 1.29 is 5.11 Å². The molecule has 0 saturated carbocycles. The number of rotatable bonds is 5. The molecular weight excluding hydrogens is 294 g/mol. The topological polar surface area (TPSA) is 39.6 Å². The Balaban J connectivity index is 1.74. The number of hydrogen-bond donors (Lipinski definition) is 1. The molecule has 0 amide bonds. The van der Waals surface area contributed by atoms with Gasteiger partial charge in [0.25, 0.3) is 0 Å². The minimum absolute atomic E-state index is 0.0890. The van der Waals surface area contributed by atoms with Crippen LogP contribution < -0.4 is 0 Å². The van der Waals surface area contributed by atoms with Gasteiger partial charge in [-0.15, -0.1) is 11.3 Å². The van der Waals surface area contributed by atoms with Gasteiger partial charge in [0.1, 0.15) is 5.01 Å². The summed E-state index contributed by atoms with van der Waals surface area (Å²) >= 11 is 1.77. The van der Waals surface area contributed by atoms with E-state index in [1.807, 2.05) is 6.20 Å². The lowest BCUT2D eigenvalue weighted by atomic mass is 9.93. The van der Waals surface area contributed by atoms with E-state index in [-0.39, 0.29) is 12.6 Å². The SMILES string of the molecule is CN(C)Cc1cnc(CN2CCc3ccccc3C2CO)s1. The molecule has 0 aliphatic carbocycles.